The lowest BCUT2D eigenvalue weighted by Gasteiger charge is -2.03. The van der Waals surface area contributed by atoms with Crippen molar-refractivity contribution in [1.82, 2.24) is 4.98 Å². The SMILES string of the molecule is O=C(O)Nc1nc2c(s1)OCC=C2. The van der Waals surface area contributed by atoms with Gasteiger partial charge in [-0.2, -0.15) is 0 Å². The molecule has 0 radical (unpaired) electrons. The highest BCUT2D eigenvalue weighted by Gasteiger charge is 2.13. The zero-order valence-corrected chi connectivity index (χ0v) is 7.30. The van der Waals surface area contributed by atoms with E-state index in [0.29, 0.717) is 22.5 Å². The first-order valence-electron chi connectivity index (χ1n) is 3.56. The van der Waals surface area contributed by atoms with Crippen LogP contribution in [0.2, 0.25) is 0 Å². The van der Waals surface area contributed by atoms with Crippen LogP contribution in [-0.2, 0) is 0 Å². The summed E-state index contributed by atoms with van der Waals surface area (Å²) in [7, 11) is 0. The quantitative estimate of drug-likeness (QED) is 0.719. The van der Waals surface area contributed by atoms with Gasteiger partial charge in [0.15, 0.2) is 5.13 Å². The van der Waals surface area contributed by atoms with Crippen LogP contribution in [0.25, 0.3) is 6.08 Å². The predicted octanol–water partition coefficient (Wildman–Crippen LogP) is 1.64. The average Bonchev–Trinajstić information content (AvgIpc) is 2.44. The van der Waals surface area contributed by atoms with Crippen molar-refractivity contribution in [2.24, 2.45) is 0 Å². The lowest BCUT2D eigenvalue weighted by atomic mass is 10.4. The number of thiazole rings is 1. The Morgan fingerprint density at radius 3 is 3.31 bits per heavy atom. The summed E-state index contributed by atoms with van der Waals surface area (Å²) in [5, 5.41) is 11.6. The van der Waals surface area contributed by atoms with Crippen LogP contribution in [0.4, 0.5) is 9.93 Å². The topological polar surface area (TPSA) is 71.5 Å². The molecule has 13 heavy (non-hydrogen) atoms. The second-order valence-corrected chi connectivity index (χ2v) is 3.30. The molecule has 2 heterocycles. The molecule has 0 fully saturated rings. The fraction of sp³-hybridized carbons (Fsp3) is 0.143. The van der Waals surface area contributed by atoms with Gasteiger partial charge in [0.25, 0.3) is 0 Å². The van der Waals surface area contributed by atoms with Crippen molar-refractivity contribution in [3.63, 3.8) is 0 Å². The van der Waals surface area contributed by atoms with Crippen LogP contribution in [-0.4, -0.2) is 22.8 Å². The highest BCUT2D eigenvalue weighted by molar-refractivity contribution is 7.17. The first kappa shape index (κ1) is 8.06. The van der Waals surface area contributed by atoms with Crippen LogP contribution in [0.15, 0.2) is 6.08 Å². The molecule has 6 heteroatoms. The molecule has 2 N–H and O–H groups in total. The molecule has 0 saturated heterocycles. The molecular weight excluding hydrogens is 192 g/mol. The summed E-state index contributed by atoms with van der Waals surface area (Å²) in [5.41, 5.74) is 0.681. The lowest BCUT2D eigenvalue weighted by molar-refractivity contribution is 0.209. The summed E-state index contributed by atoms with van der Waals surface area (Å²) in [5.74, 6) is 0. The Morgan fingerprint density at radius 1 is 1.77 bits per heavy atom. The highest BCUT2D eigenvalue weighted by atomic mass is 32.1. The van der Waals surface area contributed by atoms with Crippen LogP contribution >= 0.6 is 11.3 Å². The molecule has 0 atom stereocenters. The standard InChI is InChI=1S/C7H6N2O3S/c10-7(11)9-6-8-4-2-1-3-12-5(4)13-6/h1-2H,3H2,(H,8,9)(H,10,11). The minimum absolute atomic E-state index is 0.337. The third kappa shape index (κ3) is 1.62. The van der Waals surface area contributed by atoms with Gasteiger partial charge in [-0.25, -0.2) is 9.78 Å². The van der Waals surface area contributed by atoms with E-state index < -0.39 is 6.09 Å². The van der Waals surface area contributed by atoms with Crippen LogP contribution in [0.1, 0.15) is 5.69 Å². The van der Waals surface area contributed by atoms with Gasteiger partial charge in [0.05, 0.1) is 0 Å². The maximum Gasteiger partial charge on any atom is 0.410 e. The Balaban J connectivity index is 2.26. The molecule has 0 bridgehead atoms. The van der Waals surface area contributed by atoms with E-state index in [1.807, 2.05) is 12.2 Å². The van der Waals surface area contributed by atoms with Crippen molar-refractivity contribution in [2.75, 3.05) is 11.9 Å². The number of amides is 1. The van der Waals surface area contributed by atoms with Gasteiger partial charge in [-0.15, -0.1) is 0 Å². The van der Waals surface area contributed by atoms with Crippen molar-refractivity contribution in [1.29, 1.82) is 0 Å². The summed E-state index contributed by atoms with van der Waals surface area (Å²) in [4.78, 5) is 14.3. The fourth-order valence-corrected chi connectivity index (χ4v) is 1.76. The largest absolute Gasteiger partial charge is 0.478 e. The fourth-order valence-electron chi connectivity index (χ4n) is 0.955. The van der Waals surface area contributed by atoms with Crippen molar-refractivity contribution in [3.8, 4) is 5.06 Å². The summed E-state index contributed by atoms with van der Waals surface area (Å²) < 4.78 is 5.22. The molecule has 1 aliphatic heterocycles. The van der Waals surface area contributed by atoms with Gasteiger partial charge in [-0.05, 0) is 12.2 Å². The highest BCUT2D eigenvalue weighted by Crippen LogP contribution is 2.33. The van der Waals surface area contributed by atoms with Crippen molar-refractivity contribution >= 4 is 28.6 Å². The molecule has 0 unspecified atom stereocenters. The van der Waals surface area contributed by atoms with Crippen LogP contribution in [0.5, 0.6) is 5.06 Å². The van der Waals surface area contributed by atoms with E-state index >= 15 is 0 Å². The minimum atomic E-state index is -1.12. The maximum atomic E-state index is 10.3. The molecule has 0 aliphatic carbocycles. The number of rotatable bonds is 1. The molecule has 68 valence electrons. The monoisotopic (exact) mass is 198 g/mol. The Labute approximate surface area is 77.7 Å². The molecule has 1 aromatic heterocycles. The molecule has 1 aliphatic rings. The van der Waals surface area contributed by atoms with Gasteiger partial charge in [0, 0.05) is 0 Å². The third-order valence-electron chi connectivity index (χ3n) is 1.42. The van der Waals surface area contributed by atoms with Crippen molar-refractivity contribution in [2.45, 2.75) is 0 Å². The number of carboxylic acid groups (broad SMARTS) is 1. The van der Waals surface area contributed by atoms with Gasteiger partial charge < -0.3 is 9.84 Å². The number of ether oxygens (including phenoxy) is 1. The molecule has 2 rings (SSSR count). The molecule has 0 saturated carbocycles. The van der Waals surface area contributed by atoms with Crippen LogP contribution < -0.4 is 10.1 Å². The smallest absolute Gasteiger partial charge is 0.410 e. The van der Waals surface area contributed by atoms with Crippen LogP contribution in [0.3, 0.4) is 0 Å². The molecule has 1 amide bonds. The number of carbonyl (C=O) groups is 1. The van der Waals surface area contributed by atoms with Gasteiger partial charge in [-0.3, -0.25) is 5.32 Å². The number of nitrogens with one attached hydrogen (secondary N) is 1. The first-order chi connectivity index (χ1) is 6.25. The van der Waals surface area contributed by atoms with E-state index in [-0.39, 0.29) is 0 Å². The number of nitrogens with zero attached hydrogens (tertiary/aromatic N) is 1. The second-order valence-electron chi connectivity index (χ2n) is 2.34. The zero-order chi connectivity index (χ0) is 9.26. The first-order valence-corrected chi connectivity index (χ1v) is 4.37. The summed E-state index contributed by atoms with van der Waals surface area (Å²) >= 11 is 1.19. The Hall–Kier alpha value is -1.56. The van der Waals surface area contributed by atoms with E-state index in [9.17, 15) is 4.79 Å². The number of fused-ring (bicyclic) bond motifs is 1. The normalized spacial score (nSPS) is 13.2. The third-order valence-corrected chi connectivity index (χ3v) is 2.32. The Kier molecular flexibility index (Phi) is 1.90. The van der Waals surface area contributed by atoms with Gasteiger partial charge in [0.2, 0.25) is 5.06 Å². The summed E-state index contributed by atoms with van der Waals surface area (Å²) in [6.07, 6.45) is 2.52. The second kappa shape index (κ2) is 3.06. The van der Waals surface area contributed by atoms with Crippen LogP contribution in [0, 0.1) is 0 Å². The Bertz CT molecular complexity index is 372. The van der Waals surface area contributed by atoms with Crippen molar-refractivity contribution in [3.05, 3.63) is 11.8 Å². The van der Waals surface area contributed by atoms with E-state index in [0.717, 1.165) is 0 Å². The average molecular weight is 198 g/mol. The maximum absolute atomic E-state index is 10.3. The predicted molar refractivity (Wildman–Crippen MR) is 48.3 cm³/mol. The summed E-state index contributed by atoms with van der Waals surface area (Å²) in [6, 6.07) is 0. The van der Waals surface area contributed by atoms with Crippen molar-refractivity contribution < 1.29 is 14.6 Å². The number of hydrogen-bond donors (Lipinski definition) is 2. The lowest BCUT2D eigenvalue weighted by Crippen LogP contribution is -2.06. The zero-order valence-electron chi connectivity index (χ0n) is 6.48. The molecular formula is C7H6N2O3S. The number of anilines is 1. The minimum Gasteiger partial charge on any atom is -0.478 e. The van der Waals surface area contributed by atoms with E-state index in [1.165, 1.54) is 11.3 Å². The van der Waals surface area contributed by atoms with E-state index in [2.05, 4.69) is 10.3 Å². The number of hydrogen-bond acceptors (Lipinski definition) is 4. The Morgan fingerprint density at radius 2 is 2.62 bits per heavy atom. The van der Waals surface area contributed by atoms with Gasteiger partial charge >= 0.3 is 6.09 Å². The molecule has 0 aromatic carbocycles. The molecule has 0 spiro atoms. The summed E-state index contributed by atoms with van der Waals surface area (Å²) in [6.45, 7) is 0.516. The van der Waals surface area contributed by atoms with E-state index in [4.69, 9.17) is 9.84 Å². The molecule has 5 nitrogen and oxygen atoms in total. The molecule has 1 aromatic rings. The van der Waals surface area contributed by atoms with E-state index in [1.54, 1.807) is 0 Å². The van der Waals surface area contributed by atoms with Gasteiger partial charge in [-0.1, -0.05) is 11.3 Å². The van der Waals surface area contributed by atoms with Gasteiger partial charge in [0.1, 0.15) is 12.3 Å². The number of aromatic nitrogens is 1.